The second-order valence-electron chi connectivity index (χ2n) is 6.91. The van der Waals surface area contributed by atoms with Gasteiger partial charge in [-0.05, 0) is 35.0 Å². The summed E-state index contributed by atoms with van der Waals surface area (Å²) < 4.78 is 8.61. The number of hydrogen-bond donors (Lipinski definition) is 0. The minimum atomic E-state index is -0.324. The normalized spacial score (nSPS) is 35.2. The van der Waals surface area contributed by atoms with Gasteiger partial charge in [0.1, 0.15) is 0 Å². The van der Waals surface area contributed by atoms with E-state index in [1.54, 1.807) is 0 Å². The lowest BCUT2D eigenvalue weighted by Gasteiger charge is -2.54. The Hall–Kier alpha value is 0. The average molecular weight is 183 g/mol. The lowest BCUT2D eigenvalue weighted by atomic mass is 9.51. The van der Waals surface area contributed by atoms with Gasteiger partial charge in [0.25, 0.3) is 0 Å². The molecule has 1 rings (SSSR count). The number of hydrogen-bond acceptors (Lipinski definition) is 0. The van der Waals surface area contributed by atoms with Crippen LogP contribution >= 0.6 is 0 Å². The van der Waals surface area contributed by atoms with Crippen molar-refractivity contribution >= 4 is 0 Å². The molecule has 13 heavy (non-hydrogen) atoms. The third-order valence-electron chi connectivity index (χ3n) is 3.87. The first-order chi connectivity index (χ1) is 5.91. The van der Waals surface area contributed by atoms with Crippen LogP contribution in [0.5, 0.6) is 0 Å². The van der Waals surface area contributed by atoms with Gasteiger partial charge in [0.15, 0.2) is 0 Å². The zero-order valence-corrected chi connectivity index (χ0v) is 10.4. The molecule has 1 aliphatic carbocycles. The fourth-order valence-corrected chi connectivity index (χ4v) is 3.64. The lowest BCUT2D eigenvalue weighted by molar-refractivity contribution is -0.0423. The van der Waals surface area contributed by atoms with E-state index >= 15 is 0 Å². The Bertz CT molecular complexity index is 212. The fourth-order valence-electron chi connectivity index (χ4n) is 3.64. The van der Waals surface area contributed by atoms with Crippen LogP contribution in [-0.4, -0.2) is 0 Å². The largest absolute Gasteiger partial charge is 0.0615 e. The Kier molecular flexibility index (Phi) is 2.02. The van der Waals surface area contributed by atoms with Crippen molar-refractivity contribution in [1.29, 1.82) is 0 Å². The van der Waals surface area contributed by atoms with Crippen molar-refractivity contribution in [3.63, 3.8) is 0 Å². The lowest BCUT2D eigenvalue weighted by Crippen LogP contribution is -2.45. The summed E-state index contributed by atoms with van der Waals surface area (Å²) in [4.78, 5) is 0. The van der Waals surface area contributed by atoms with Crippen LogP contribution in [-0.2, 0) is 0 Å². The highest BCUT2D eigenvalue weighted by molar-refractivity contribution is 4.97. The molecule has 0 atom stereocenters. The summed E-state index contributed by atoms with van der Waals surface area (Å²) in [6.07, 6.45) is 2.31. The zero-order valence-electron chi connectivity index (χ0n) is 11.4. The van der Waals surface area contributed by atoms with Gasteiger partial charge in [0.2, 0.25) is 0 Å². The predicted molar refractivity (Wildman–Crippen MR) is 59.7 cm³/mol. The molecule has 1 aliphatic rings. The zero-order chi connectivity index (χ0) is 11.4. The first-order valence-electron chi connectivity index (χ1n) is 5.91. The fraction of sp³-hybridized carbons (Fsp3) is 1.00. The van der Waals surface area contributed by atoms with Crippen LogP contribution in [0.4, 0.5) is 0 Å². The quantitative estimate of drug-likeness (QED) is 0.519. The SMILES string of the molecule is [2H]C1(C)C(C)(C)CC(C)(C)CC1(C)C. The first kappa shape index (κ1) is 9.55. The van der Waals surface area contributed by atoms with Crippen molar-refractivity contribution in [2.45, 2.75) is 61.3 Å². The van der Waals surface area contributed by atoms with Gasteiger partial charge < -0.3 is 0 Å². The predicted octanol–water partition coefficient (Wildman–Crippen LogP) is 4.49. The second kappa shape index (κ2) is 2.74. The molecule has 0 bridgehead atoms. The van der Waals surface area contributed by atoms with Gasteiger partial charge in [-0.2, -0.15) is 0 Å². The average Bonchev–Trinajstić information content (AvgIpc) is 1.77. The monoisotopic (exact) mass is 183 g/mol. The van der Waals surface area contributed by atoms with E-state index in [2.05, 4.69) is 48.5 Å². The topological polar surface area (TPSA) is 0 Å². The summed E-state index contributed by atoms with van der Waals surface area (Å²) >= 11 is 0. The van der Waals surface area contributed by atoms with E-state index < -0.39 is 0 Å². The molecule has 1 fully saturated rings. The van der Waals surface area contributed by atoms with Gasteiger partial charge in [-0.3, -0.25) is 0 Å². The molecule has 0 nitrogen and oxygen atoms in total. The van der Waals surface area contributed by atoms with Crippen LogP contribution in [0.2, 0.25) is 0 Å². The molecule has 78 valence electrons. The Labute approximate surface area is 85.5 Å². The molecule has 0 unspecified atom stereocenters. The smallest absolute Gasteiger partial charge is 0.0311 e. The molecule has 0 heteroatoms. The minimum absolute atomic E-state index is 0.109. The van der Waals surface area contributed by atoms with Gasteiger partial charge in [-0.1, -0.05) is 48.5 Å². The van der Waals surface area contributed by atoms with Crippen LogP contribution in [0.15, 0.2) is 0 Å². The van der Waals surface area contributed by atoms with Crippen LogP contribution in [0.3, 0.4) is 0 Å². The van der Waals surface area contributed by atoms with Crippen LogP contribution in [0.1, 0.15) is 62.7 Å². The highest BCUT2D eigenvalue weighted by Gasteiger charge is 2.47. The molecule has 0 aliphatic heterocycles. The van der Waals surface area contributed by atoms with Crippen molar-refractivity contribution in [3.05, 3.63) is 0 Å². The molecule has 0 N–H and O–H groups in total. The minimum Gasteiger partial charge on any atom is -0.0615 e. The standard InChI is InChI=1S/C13H26/c1-10-12(4,5)8-11(2,3)9-13(10,6)7/h10H,8-9H2,1-7H3/i10D. The Morgan fingerprint density at radius 3 is 1.54 bits per heavy atom. The first-order valence-corrected chi connectivity index (χ1v) is 5.41. The van der Waals surface area contributed by atoms with Crippen molar-refractivity contribution in [1.82, 2.24) is 0 Å². The summed E-state index contributed by atoms with van der Waals surface area (Å²) in [7, 11) is 0. The summed E-state index contributed by atoms with van der Waals surface area (Å²) in [5, 5.41) is 0. The van der Waals surface area contributed by atoms with Gasteiger partial charge in [0.05, 0.1) is 0 Å². The summed E-state index contributed by atoms with van der Waals surface area (Å²) in [6.45, 7) is 15.8. The van der Waals surface area contributed by atoms with Gasteiger partial charge in [-0.25, -0.2) is 0 Å². The maximum Gasteiger partial charge on any atom is 0.0311 e. The molecule has 0 aromatic carbocycles. The molecule has 0 saturated heterocycles. The van der Waals surface area contributed by atoms with Crippen LogP contribution in [0, 0.1) is 22.1 Å². The van der Waals surface area contributed by atoms with Gasteiger partial charge >= 0.3 is 0 Å². The maximum absolute atomic E-state index is 8.61. The van der Waals surface area contributed by atoms with Crippen molar-refractivity contribution in [2.75, 3.05) is 0 Å². The van der Waals surface area contributed by atoms with E-state index in [4.69, 9.17) is 1.37 Å². The summed E-state index contributed by atoms with van der Waals surface area (Å²) in [5.74, 6) is -0.324. The summed E-state index contributed by atoms with van der Waals surface area (Å²) in [5.41, 5.74) is 0.601. The van der Waals surface area contributed by atoms with Crippen LogP contribution < -0.4 is 0 Å². The van der Waals surface area contributed by atoms with E-state index in [1.165, 1.54) is 0 Å². The number of rotatable bonds is 0. The molecule has 0 amide bonds. The molecule has 1 saturated carbocycles. The molecule has 0 radical (unpaired) electrons. The Morgan fingerprint density at radius 2 is 1.23 bits per heavy atom. The van der Waals surface area contributed by atoms with Crippen molar-refractivity contribution < 1.29 is 1.37 Å². The molecule has 0 spiro atoms. The van der Waals surface area contributed by atoms with Gasteiger partial charge in [-0.15, -0.1) is 0 Å². The third kappa shape index (κ3) is 2.08. The molecule has 0 heterocycles. The van der Waals surface area contributed by atoms with Crippen molar-refractivity contribution in [2.24, 2.45) is 22.1 Å². The molecule has 0 aromatic heterocycles. The Morgan fingerprint density at radius 1 is 0.923 bits per heavy atom. The molecular weight excluding hydrogens is 156 g/mol. The van der Waals surface area contributed by atoms with E-state index in [9.17, 15) is 0 Å². The van der Waals surface area contributed by atoms with E-state index in [0.29, 0.717) is 5.41 Å². The van der Waals surface area contributed by atoms with Crippen LogP contribution in [0.25, 0.3) is 0 Å². The Balaban J connectivity index is 3.13. The summed E-state index contributed by atoms with van der Waals surface area (Å²) in [6, 6.07) is 0. The molecule has 0 aromatic rings. The van der Waals surface area contributed by atoms with E-state index in [1.807, 2.05) is 0 Å². The highest BCUT2D eigenvalue weighted by Crippen LogP contribution is 2.57. The van der Waals surface area contributed by atoms with E-state index in [-0.39, 0.29) is 16.7 Å². The third-order valence-corrected chi connectivity index (χ3v) is 3.87. The second-order valence-corrected chi connectivity index (χ2v) is 6.91. The van der Waals surface area contributed by atoms with Crippen molar-refractivity contribution in [3.8, 4) is 0 Å². The maximum atomic E-state index is 8.61. The van der Waals surface area contributed by atoms with E-state index in [0.717, 1.165) is 12.8 Å². The molecular formula is C13H26. The highest BCUT2D eigenvalue weighted by atomic mass is 14.5. The van der Waals surface area contributed by atoms with Gasteiger partial charge in [0, 0.05) is 1.37 Å².